The molecular formula is C20H25BrN4O2S. The van der Waals surface area contributed by atoms with E-state index in [-0.39, 0.29) is 24.3 Å². The summed E-state index contributed by atoms with van der Waals surface area (Å²) in [7, 11) is 0. The molecule has 28 heavy (non-hydrogen) atoms. The third kappa shape index (κ3) is 5.40. The third-order valence-electron chi connectivity index (χ3n) is 4.94. The van der Waals surface area contributed by atoms with Crippen LogP contribution < -0.4 is 10.6 Å². The molecule has 2 heterocycles. The molecule has 6 nitrogen and oxygen atoms in total. The first-order chi connectivity index (χ1) is 13.3. The number of halogens is 1. The van der Waals surface area contributed by atoms with E-state index >= 15 is 0 Å². The molecule has 0 radical (unpaired) electrons. The molecule has 2 amide bonds. The van der Waals surface area contributed by atoms with Crippen LogP contribution in [0.2, 0.25) is 0 Å². The summed E-state index contributed by atoms with van der Waals surface area (Å²) in [6, 6.07) is 5.78. The molecule has 2 N–H and O–H groups in total. The number of benzene rings is 1. The second-order valence-corrected chi connectivity index (χ2v) is 9.29. The van der Waals surface area contributed by atoms with Crippen molar-refractivity contribution in [2.24, 2.45) is 5.92 Å². The van der Waals surface area contributed by atoms with Crippen LogP contribution in [0.3, 0.4) is 0 Å². The number of nitrogens with one attached hydrogen (secondary N) is 2. The highest BCUT2D eigenvalue weighted by Crippen LogP contribution is 2.23. The number of aromatic nitrogens is 1. The summed E-state index contributed by atoms with van der Waals surface area (Å²) in [5.74, 6) is -0.189. The Bertz CT molecular complexity index is 864. The number of nitrogens with zero attached hydrogens (tertiary/aromatic N) is 2. The van der Waals surface area contributed by atoms with Crippen molar-refractivity contribution in [1.29, 1.82) is 0 Å². The van der Waals surface area contributed by atoms with Gasteiger partial charge in [-0.2, -0.15) is 0 Å². The van der Waals surface area contributed by atoms with Gasteiger partial charge in [0, 0.05) is 21.6 Å². The van der Waals surface area contributed by atoms with Crippen LogP contribution >= 0.6 is 27.3 Å². The summed E-state index contributed by atoms with van der Waals surface area (Å²) in [5, 5.41) is 6.51. The van der Waals surface area contributed by atoms with Crippen LogP contribution in [0.5, 0.6) is 0 Å². The van der Waals surface area contributed by atoms with Crippen molar-refractivity contribution in [2.75, 3.05) is 30.3 Å². The summed E-state index contributed by atoms with van der Waals surface area (Å²) in [4.78, 5) is 32.5. The lowest BCUT2D eigenvalue weighted by molar-refractivity contribution is -0.123. The van der Waals surface area contributed by atoms with Crippen LogP contribution in [0.15, 0.2) is 22.7 Å². The molecule has 3 rings (SSSR count). The van der Waals surface area contributed by atoms with Crippen LogP contribution in [0.1, 0.15) is 29.0 Å². The fourth-order valence-electron chi connectivity index (χ4n) is 3.27. The molecule has 150 valence electrons. The minimum Gasteiger partial charge on any atom is -0.326 e. The Morgan fingerprint density at radius 1 is 1.29 bits per heavy atom. The largest absolute Gasteiger partial charge is 0.326 e. The first kappa shape index (κ1) is 21.0. The van der Waals surface area contributed by atoms with Crippen LogP contribution in [-0.4, -0.2) is 41.3 Å². The molecule has 1 aromatic heterocycles. The Balaban J connectivity index is 1.53. The minimum absolute atomic E-state index is 0.0120. The molecule has 1 aliphatic heterocycles. The van der Waals surface area contributed by atoms with Gasteiger partial charge in [-0.1, -0.05) is 15.9 Å². The number of aryl methyl sites for hydroxylation is 3. The lowest BCUT2D eigenvalue weighted by Crippen LogP contribution is -2.44. The fourth-order valence-corrected chi connectivity index (χ4v) is 4.35. The van der Waals surface area contributed by atoms with Gasteiger partial charge >= 0.3 is 0 Å². The maximum absolute atomic E-state index is 12.7. The van der Waals surface area contributed by atoms with E-state index < -0.39 is 0 Å². The molecular weight excluding hydrogens is 440 g/mol. The van der Waals surface area contributed by atoms with Crippen LogP contribution in [-0.2, 0) is 9.59 Å². The van der Waals surface area contributed by atoms with Gasteiger partial charge in [-0.15, -0.1) is 11.3 Å². The molecule has 0 aliphatic carbocycles. The lowest BCUT2D eigenvalue weighted by Gasteiger charge is -2.31. The first-order valence-corrected chi connectivity index (χ1v) is 11.0. The van der Waals surface area contributed by atoms with E-state index in [9.17, 15) is 9.59 Å². The Morgan fingerprint density at radius 2 is 2.07 bits per heavy atom. The molecule has 1 aromatic carbocycles. The van der Waals surface area contributed by atoms with Crippen LogP contribution in [0.25, 0.3) is 0 Å². The van der Waals surface area contributed by atoms with E-state index in [0.29, 0.717) is 11.7 Å². The van der Waals surface area contributed by atoms with Gasteiger partial charge in [-0.05, 0) is 63.9 Å². The van der Waals surface area contributed by atoms with Gasteiger partial charge in [0.05, 0.1) is 18.2 Å². The fraction of sp³-hybridized carbons (Fsp3) is 0.450. The second-order valence-electron chi connectivity index (χ2n) is 7.24. The number of carbonyl (C=O) groups is 2. The second kappa shape index (κ2) is 9.15. The van der Waals surface area contributed by atoms with Gasteiger partial charge in [-0.3, -0.25) is 14.5 Å². The van der Waals surface area contributed by atoms with Crippen molar-refractivity contribution < 1.29 is 9.59 Å². The summed E-state index contributed by atoms with van der Waals surface area (Å²) in [6.07, 6.45) is 1.74. The Hall–Kier alpha value is -1.77. The first-order valence-electron chi connectivity index (χ1n) is 9.35. The number of likely N-dealkylation sites (tertiary alicyclic amines) is 1. The van der Waals surface area contributed by atoms with E-state index in [0.717, 1.165) is 45.7 Å². The Morgan fingerprint density at radius 3 is 2.75 bits per heavy atom. The molecule has 1 aliphatic rings. The van der Waals surface area contributed by atoms with Crippen LogP contribution in [0.4, 0.5) is 10.8 Å². The summed E-state index contributed by atoms with van der Waals surface area (Å²) in [5.41, 5.74) is 2.82. The Labute approximate surface area is 177 Å². The summed E-state index contributed by atoms with van der Waals surface area (Å²) >= 11 is 4.96. The van der Waals surface area contributed by atoms with E-state index in [1.54, 1.807) is 0 Å². The molecule has 1 fully saturated rings. The number of hydrogen-bond acceptors (Lipinski definition) is 5. The Kier molecular flexibility index (Phi) is 6.85. The van der Waals surface area contributed by atoms with Gasteiger partial charge in [-0.25, -0.2) is 4.98 Å². The molecule has 0 saturated carbocycles. The van der Waals surface area contributed by atoms with Crippen LogP contribution in [0, 0.1) is 26.7 Å². The van der Waals surface area contributed by atoms with E-state index in [1.807, 2.05) is 43.9 Å². The zero-order chi connectivity index (χ0) is 20.3. The summed E-state index contributed by atoms with van der Waals surface area (Å²) in [6.45, 7) is 7.60. The quantitative estimate of drug-likeness (QED) is 0.697. The molecule has 0 spiro atoms. The topological polar surface area (TPSA) is 74.3 Å². The van der Waals surface area contributed by atoms with Crippen molar-refractivity contribution in [3.05, 3.63) is 38.8 Å². The molecule has 2 aromatic rings. The number of carbonyl (C=O) groups excluding carboxylic acids is 2. The molecule has 0 bridgehead atoms. The van der Waals surface area contributed by atoms with Gasteiger partial charge in [0.1, 0.15) is 0 Å². The lowest BCUT2D eigenvalue weighted by atomic mass is 9.97. The van der Waals surface area contributed by atoms with Crippen molar-refractivity contribution in [1.82, 2.24) is 9.88 Å². The number of rotatable bonds is 5. The number of anilines is 2. The van der Waals surface area contributed by atoms with Gasteiger partial charge in [0.2, 0.25) is 11.8 Å². The van der Waals surface area contributed by atoms with Crippen molar-refractivity contribution in [2.45, 2.75) is 33.6 Å². The van der Waals surface area contributed by atoms with Gasteiger partial charge in [0.25, 0.3) is 0 Å². The van der Waals surface area contributed by atoms with E-state index in [4.69, 9.17) is 0 Å². The van der Waals surface area contributed by atoms with E-state index in [1.165, 1.54) is 11.3 Å². The zero-order valence-electron chi connectivity index (χ0n) is 16.3. The third-order valence-corrected chi connectivity index (χ3v) is 6.82. The number of thiazole rings is 1. The monoisotopic (exact) mass is 464 g/mol. The minimum atomic E-state index is -0.116. The van der Waals surface area contributed by atoms with Gasteiger partial charge in [0.15, 0.2) is 5.13 Å². The SMILES string of the molecule is Cc1cc(NC(=O)C2CCCN(CC(=O)Nc3nc(C)c(C)s3)C2)ccc1Br. The normalized spacial score (nSPS) is 17.4. The molecule has 1 saturated heterocycles. The highest BCUT2D eigenvalue weighted by Gasteiger charge is 2.27. The highest BCUT2D eigenvalue weighted by molar-refractivity contribution is 9.10. The summed E-state index contributed by atoms with van der Waals surface area (Å²) < 4.78 is 1.02. The van der Waals surface area contributed by atoms with Crippen molar-refractivity contribution >= 4 is 49.9 Å². The number of amides is 2. The maximum Gasteiger partial charge on any atom is 0.240 e. The average Bonchev–Trinajstić information content (AvgIpc) is 2.95. The van der Waals surface area contributed by atoms with E-state index in [2.05, 4.69) is 31.5 Å². The average molecular weight is 465 g/mol. The van der Waals surface area contributed by atoms with Crippen molar-refractivity contribution in [3.63, 3.8) is 0 Å². The highest BCUT2D eigenvalue weighted by atomic mass is 79.9. The number of piperidine rings is 1. The standard InChI is InChI=1S/C20H25BrN4O2S/c1-12-9-16(6-7-17(12)21)23-19(27)15-5-4-8-25(10-15)11-18(26)24-20-22-13(2)14(3)28-20/h6-7,9,15H,4-5,8,10-11H2,1-3H3,(H,23,27)(H,22,24,26). The smallest absolute Gasteiger partial charge is 0.240 e. The predicted molar refractivity (Wildman–Crippen MR) is 117 cm³/mol. The zero-order valence-corrected chi connectivity index (χ0v) is 18.7. The maximum atomic E-state index is 12.7. The molecule has 8 heteroatoms. The van der Waals surface area contributed by atoms with Crippen molar-refractivity contribution in [3.8, 4) is 0 Å². The predicted octanol–water partition coefficient (Wildman–Crippen LogP) is 4.12. The van der Waals surface area contributed by atoms with Gasteiger partial charge < -0.3 is 10.6 Å². The number of hydrogen-bond donors (Lipinski definition) is 2. The molecule has 1 atom stereocenters. The molecule has 1 unspecified atom stereocenters.